The number of carbonyl (C=O) groups excluding carboxylic acids is 1. The number of nitrogens with zero attached hydrogens (tertiary/aromatic N) is 1. The van der Waals surface area contributed by atoms with Gasteiger partial charge in [0.25, 0.3) is 0 Å². The summed E-state index contributed by atoms with van der Waals surface area (Å²) in [6.45, 7) is 6.27. The van der Waals surface area contributed by atoms with Crippen molar-refractivity contribution in [3.63, 3.8) is 0 Å². The van der Waals surface area contributed by atoms with Gasteiger partial charge in [0.1, 0.15) is 5.75 Å². The van der Waals surface area contributed by atoms with E-state index in [1.54, 1.807) is 7.11 Å². The molecule has 0 bridgehead atoms. The molecule has 110 valence electrons. The van der Waals surface area contributed by atoms with Crippen LogP contribution in [-0.2, 0) is 4.79 Å². The van der Waals surface area contributed by atoms with E-state index in [0.29, 0.717) is 0 Å². The molecule has 2 rings (SSSR count). The van der Waals surface area contributed by atoms with E-state index in [4.69, 9.17) is 4.74 Å². The Morgan fingerprint density at radius 3 is 2.75 bits per heavy atom. The molecule has 1 fully saturated rings. The minimum Gasteiger partial charge on any atom is -0.497 e. The lowest BCUT2D eigenvalue weighted by Gasteiger charge is -2.34. The van der Waals surface area contributed by atoms with E-state index in [9.17, 15) is 4.79 Å². The molecule has 0 aromatic heterocycles. The molecule has 1 aliphatic heterocycles. The van der Waals surface area contributed by atoms with Gasteiger partial charge in [0, 0.05) is 11.8 Å². The second-order valence-electron chi connectivity index (χ2n) is 5.62. The van der Waals surface area contributed by atoms with Gasteiger partial charge >= 0.3 is 0 Å². The maximum Gasteiger partial charge on any atom is 0.241 e. The van der Waals surface area contributed by atoms with Crippen LogP contribution < -0.4 is 10.1 Å². The first-order valence-electron chi connectivity index (χ1n) is 7.29. The maximum atomic E-state index is 12.3. The number of benzene rings is 1. The SMILES string of the molecule is COc1cccc(NC(=O)[C@H](C)N2CCC(C)CC2)c1. The number of anilines is 1. The molecule has 1 heterocycles. The van der Waals surface area contributed by atoms with Crippen molar-refractivity contribution in [2.75, 3.05) is 25.5 Å². The smallest absolute Gasteiger partial charge is 0.241 e. The van der Waals surface area contributed by atoms with E-state index in [2.05, 4.69) is 17.1 Å². The fourth-order valence-electron chi connectivity index (χ4n) is 2.53. The largest absolute Gasteiger partial charge is 0.497 e. The molecule has 0 spiro atoms. The van der Waals surface area contributed by atoms with Gasteiger partial charge in [-0.3, -0.25) is 9.69 Å². The summed E-state index contributed by atoms with van der Waals surface area (Å²) >= 11 is 0. The summed E-state index contributed by atoms with van der Waals surface area (Å²) < 4.78 is 5.16. The average molecular weight is 276 g/mol. The molecule has 0 saturated carbocycles. The number of rotatable bonds is 4. The van der Waals surface area contributed by atoms with Gasteiger partial charge in [-0.1, -0.05) is 13.0 Å². The molecule has 1 N–H and O–H groups in total. The zero-order valence-electron chi connectivity index (χ0n) is 12.6. The van der Waals surface area contributed by atoms with Crippen LogP contribution in [0.15, 0.2) is 24.3 Å². The molecular weight excluding hydrogens is 252 g/mol. The number of hydrogen-bond acceptors (Lipinski definition) is 3. The van der Waals surface area contributed by atoms with Gasteiger partial charge in [-0.2, -0.15) is 0 Å². The molecule has 0 radical (unpaired) electrons. The second-order valence-corrected chi connectivity index (χ2v) is 5.62. The first-order valence-corrected chi connectivity index (χ1v) is 7.29. The quantitative estimate of drug-likeness (QED) is 0.919. The first-order chi connectivity index (χ1) is 9.60. The van der Waals surface area contributed by atoms with Crippen LogP contribution in [-0.4, -0.2) is 37.0 Å². The molecule has 0 unspecified atom stereocenters. The van der Waals surface area contributed by atoms with Crippen LogP contribution in [0.1, 0.15) is 26.7 Å². The summed E-state index contributed by atoms with van der Waals surface area (Å²) in [5.41, 5.74) is 0.784. The lowest BCUT2D eigenvalue weighted by Crippen LogP contribution is -2.45. The van der Waals surface area contributed by atoms with E-state index >= 15 is 0 Å². The Hall–Kier alpha value is -1.55. The molecule has 1 aromatic rings. The third-order valence-corrected chi connectivity index (χ3v) is 4.08. The van der Waals surface area contributed by atoms with Crippen molar-refractivity contribution in [3.05, 3.63) is 24.3 Å². The van der Waals surface area contributed by atoms with Crippen molar-refractivity contribution in [2.24, 2.45) is 5.92 Å². The summed E-state index contributed by atoms with van der Waals surface area (Å²) in [6, 6.07) is 7.37. The Kier molecular flexibility index (Phi) is 5.01. The monoisotopic (exact) mass is 276 g/mol. The lowest BCUT2D eigenvalue weighted by molar-refractivity contribution is -0.121. The van der Waals surface area contributed by atoms with Gasteiger partial charge < -0.3 is 10.1 Å². The van der Waals surface area contributed by atoms with Gasteiger partial charge in [-0.25, -0.2) is 0 Å². The van der Waals surface area contributed by atoms with E-state index in [1.807, 2.05) is 31.2 Å². The Labute approximate surface area is 121 Å². The normalized spacial score (nSPS) is 18.6. The molecule has 20 heavy (non-hydrogen) atoms. The fraction of sp³-hybridized carbons (Fsp3) is 0.562. The number of carbonyl (C=O) groups is 1. The minimum atomic E-state index is -0.0892. The molecule has 1 atom stereocenters. The average Bonchev–Trinajstić information content (AvgIpc) is 2.47. The Bertz CT molecular complexity index is 454. The highest BCUT2D eigenvalue weighted by atomic mass is 16.5. The highest BCUT2D eigenvalue weighted by Crippen LogP contribution is 2.20. The van der Waals surface area contributed by atoms with Crippen molar-refractivity contribution in [1.29, 1.82) is 0 Å². The van der Waals surface area contributed by atoms with Crippen molar-refractivity contribution in [3.8, 4) is 5.75 Å². The van der Waals surface area contributed by atoms with Gasteiger partial charge in [0.2, 0.25) is 5.91 Å². The number of piperidine rings is 1. The van der Waals surface area contributed by atoms with Crippen LogP contribution in [0, 0.1) is 5.92 Å². The van der Waals surface area contributed by atoms with Gasteiger partial charge in [-0.15, -0.1) is 0 Å². The summed E-state index contributed by atoms with van der Waals surface area (Å²) in [4.78, 5) is 14.6. The molecule has 4 nitrogen and oxygen atoms in total. The summed E-state index contributed by atoms with van der Waals surface area (Å²) in [5.74, 6) is 1.58. The Balaban J connectivity index is 1.93. The number of nitrogens with one attached hydrogen (secondary N) is 1. The van der Waals surface area contributed by atoms with Crippen molar-refractivity contribution in [1.82, 2.24) is 4.90 Å². The number of likely N-dealkylation sites (tertiary alicyclic amines) is 1. The fourth-order valence-corrected chi connectivity index (χ4v) is 2.53. The van der Waals surface area contributed by atoms with E-state index < -0.39 is 0 Å². The first kappa shape index (κ1) is 14.9. The number of methoxy groups -OCH3 is 1. The van der Waals surface area contributed by atoms with E-state index in [1.165, 1.54) is 12.8 Å². The summed E-state index contributed by atoms with van der Waals surface area (Å²) in [5, 5.41) is 2.96. The second kappa shape index (κ2) is 6.75. The zero-order chi connectivity index (χ0) is 14.5. The summed E-state index contributed by atoms with van der Waals surface area (Å²) in [6.07, 6.45) is 2.35. The van der Waals surface area contributed by atoms with Crippen LogP contribution in [0.3, 0.4) is 0 Å². The van der Waals surface area contributed by atoms with Crippen LogP contribution >= 0.6 is 0 Å². The van der Waals surface area contributed by atoms with E-state index in [0.717, 1.165) is 30.4 Å². The Morgan fingerprint density at radius 2 is 2.10 bits per heavy atom. The van der Waals surface area contributed by atoms with Crippen LogP contribution in [0.4, 0.5) is 5.69 Å². The lowest BCUT2D eigenvalue weighted by atomic mass is 9.98. The van der Waals surface area contributed by atoms with Gasteiger partial charge in [-0.05, 0) is 50.9 Å². The maximum absolute atomic E-state index is 12.3. The molecule has 1 aromatic carbocycles. The predicted octanol–water partition coefficient (Wildman–Crippen LogP) is 2.75. The molecule has 1 amide bonds. The van der Waals surface area contributed by atoms with Crippen LogP contribution in [0.25, 0.3) is 0 Å². The Morgan fingerprint density at radius 1 is 1.40 bits per heavy atom. The van der Waals surface area contributed by atoms with Crippen LogP contribution in [0.5, 0.6) is 5.75 Å². The standard InChI is InChI=1S/C16H24N2O2/c1-12-7-9-18(10-8-12)13(2)16(19)17-14-5-4-6-15(11-14)20-3/h4-6,11-13H,7-10H2,1-3H3,(H,17,19)/t13-/m0/s1. The number of ether oxygens (including phenoxy) is 1. The molecule has 0 aliphatic carbocycles. The topological polar surface area (TPSA) is 41.6 Å². The molecule has 4 heteroatoms. The van der Waals surface area contributed by atoms with Gasteiger partial charge in [0.05, 0.1) is 13.2 Å². The summed E-state index contributed by atoms with van der Waals surface area (Å²) in [7, 11) is 1.62. The van der Waals surface area contributed by atoms with Crippen molar-refractivity contribution < 1.29 is 9.53 Å². The molecule has 1 aliphatic rings. The highest BCUT2D eigenvalue weighted by Gasteiger charge is 2.25. The van der Waals surface area contributed by atoms with Crippen molar-refractivity contribution in [2.45, 2.75) is 32.7 Å². The van der Waals surface area contributed by atoms with E-state index in [-0.39, 0.29) is 11.9 Å². The molecule has 1 saturated heterocycles. The van der Waals surface area contributed by atoms with Crippen molar-refractivity contribution >= 4 is 11.6 Å². The predicted molar refractivity (Wildman–Crippen MR) is 81.1 cm³/mol. The molecular formula is C16H24N2O2. The highest BCUT2D eigenvalue weighted by molar-refractivity contribution is 5.94. The van der Waals surface area contributed by atoms with Gasteiger partial charge in [0.15, 0.2) is 0 Å². The third kappa shape index (κ3) is 3.73. The van der Waals surface area contributed by atoms with Crippen LogP contribution in [0.2, 0.25) is 0 Å². The third-order valence-electron chi connectivity index (χ3n) is 4.08. The zero-order valence-corrected chi connectivity index (χ0v) is 12.6. The minimum absolute atomic E-state index is 0.0489. The number of hydrogen-bond donors (Lipinski definition) is 1. The number of amides is 1.